The highest BCUT2D eigenvalue weighted by atomic mass is 19.1. The Balaban J connectivity index is 2.63. The molecular weight excluding hydrogens is 329 g/mol. The Hall–Kier alpha value is -2.50. The topological polar surface area (TPSA) is 122 Å². The van der Waals surface area contributed by atoms with Crippen LogP contribution in [0.5, 0.6) is 0 Å². The molecule has 0 heterocycles. The number of hydrogen-bond donors (Lipinski definition) is 4. The lowest BCUT2D eigenvalue weighted by atomic mass is 9.87. The van der Waals surface area contributed by atoms with Crippen molar-refractivity contribution >= 4 is 11.8 Å². The lowest BCUT2D eigenvalue weighted by Gasteiger charge is -2.27. The van der Waals surface area contributed by atoms with E-state index in [0.717, 1.165) is 12.1 Å². The van der Waals surface area contributed by atoms with Gasteiger partial charge >= 0.3 is 0 Å². The second kappa shape index (κ2) is 8.55. The van der Waals surface area contributed by atoms with Crippen LogP contribution in [0.3, 0.4) is 0 Å². The summed E-state index contributed by atoms with van der Waals surface area (Å²) in [5, 5.41) is 32.8. The van der Waals surface area contributed by atoms with E-state index in [2.05, 4.69) is 10.6 Å². The van der Waals surface area contributed by atoms with Gasteiger partial charge in [-0.2, -0.15) is 5.26 Å². The van der Waals surface area contributed by atoms with E-state index in [1.54, 1.807) is 6.92 Å². The standard InChI is InChI=1S/C17H22FN3O4/c1-10(8-20-16(25)14(23)17(2,3)9-22)21-15(24)12-6-11(7-19)4-5-13(12)18/h4-6,10,14,22-23H,8-9H2,1-3H3,(H,20,25)(H,21,24). The van der Waals surface area contributed by atoms with E-state index in [9.17, 15) is 19.1 Å². The number of nitriles is 1. The first-order valence-electron chi connectivity index (χ1n) is 7.69. The molecule has 2 amide bonds. The minimum atomic E-state index is -1.41. The number of nitrogens with zero attached hydrogens (tertiary/aromatic N) is 1. The van der Waals surface area contributed by atoms with Crippen LogP contribution in [0.15, 0.2) is 18.2 Å². The molecule has 0 aliphatic rings. The summed E-state index contributed by atoms with van der Waals surface area (Å²) in [5.74, 6) is -2.15. The predicted molar refractivity (Wildman–Crippen MR) is 87.9 cm³/mol. The monoisotopic (exact) mass is 351 g/mol. The summed E-state index contributed by atoms with van der Waals surface area (Å²) in [5.41, 5.74) is -1.11. The summed E-state index contributed by atoms with van der Waals surface area (Å²) in [7, 11) is 0. The van der Waals surface area contributed by atoms with Crippen molar-refractivity contribution in [2.24, 2.45) is 5.41 Å². The Morgan fingerprint density at radius 3 is 2.60 bits per heavy atom. The molecule has 1 rings (SSSR count). The molecule has 0 aliphatic carbocycles. The molecule has 7 nitrogen and oxygen atoms in total. The van der Waals surface area contributed by atoms with Gasteiger partial charge in [0.15, 0.2) is 0 Å². The van der Waals surface area contributed by atoms with Gasteiger partial charge in [0.05, 0.1) is 23.8 Å². The van der Waals surface area contributed by atoms with Gasteiger partial charge in [0.1, 0.15) is 11.9 Å². The maximum absolute atomic E-state index is 13.7. The molecule has 8 heteroatoms. The first kappa shape index (κ1) is 20.5. The molecule has 25 heavy (non-hydrogen) atoms. The van der Waals surface area contributed by atoms with Crippen molar-refractivity contribution in [3.63, 3.8) is 0 Å². The van der Waals surface area contributed by atoms with Crippen LogP contribution in [-0.4, -0.2) is 47.3 Å². The lowest BCUT2D eigenvalue weighted by Crippen LogP contribution is -2.49. The van der Waals surface area contributed by atoms with Crippen LogP contribution in [-0.2, 0) is 4.79 Å². The van der Waals surface area contributed by atoms with E-state index < -0.39 is 35.2 Å². The number of rotatable bonds is 7. The van der Waals surface area contributed by atoms with Crippen LogP contribution >= 0.6 is 0 Å². The first-order valence-corrected chi connectivity index (χ1v) is 7.69. The minimum Gasteiger partial charge on any atom is -0.396 e. The molecule has 0 aromatic heterocycles. The molecular formula is C17H22FN3O4. The number of halogens is 1. The number of aliphatic hydroxyl groups excluding tert-OH is 2. The number of benzene rings is 1. The number of hydrogen-bond acceptors (Lipinski definition) is 5. The fraction of sp³-hybridized carbons (Fsp3) is 0.471. The smallest absolute Gasteiger partial charge is 0.254 e. The summed E-state index contributed by atoms with van der Waals surface area (Å²) in [6.07, 6.45) is -1.41. The summed E-state index contributed by atoms with van der Waals surface area (Å²) >= 11 is 0. The first-order chi connectivity index (χ1) is 11.6. The molecule has 0 aliphatic heterocycles. The average molecular weight is 351 g/mol. The van der Waals surface area contributed by atoms with Crippen LogP contribution < -0.4 is 10.6 Å². The quantitative estimate of drug-likeness (QED) is 0.563. The van der Waals surface area contributed by atoms with E-state index in [4.69, 9.17) is 10.4 Å². The molecule has 2 unspecified atom stereocenters. The van der Waals surface area contributed by atoms with Crippen molar-refractivity contribution in [1.29, 1.82) is 5.26 Å². The fourth-order valence-corrected chi connectivity index (χ4v) is 1.91. The number of nitrogens with one attached hydrogen (secondary N) is 2. The highest BCUT2D eigenvalue weighted by Gasteiger charge is 2.33. The van der Waals surface area contributed by atoms with Gasteiger partial charge in [-0.1, -0.05) is 13.8 Å². The van der Waals surface area contributed by atoms with E-state index in [-0.39, 0.29) is 24.3 Å². The highest BCUT2D eigenvalue weighted by molar-refractivity contribution is 5.95. The average Bonchev–Trinajstić information content (AvgIpc) is 2.59. The minimum absolute atomic E-state index is 0.00268. The third-order valence-corrected chi connectivity index (χ3v) is 3.70. The maximum atomic E-state index is 13.7. The predicted octanol–water partition coefficient (Wildman–Crippen LogP) is 0.311. The van der Waals surface area contributed by atoms with E-state index >= 15 is 0 Å². The molecule has 1 aromatic rings. The lowest BCUT2D eigenvalue weighted by molar-refractivity contribution is -0.137. The Morgan fingerprint density at radius 1 is 1.40 bits per heavy atom. The zero-order valence-corrected chi connectivity index (χ0v) is 14.3. The van der Waals surface area contributed by atoms with Gasteiger partial charge in [-0.15, -0.1) is 0 Å². The van der Waals surface area contributed by atoms with Gasteiger partial charge in [-0.3, -0.25) is 9.59 Å². The van der Waals surface area contributed by atoms with Gasteiger partial charge in [-0.25, -0.2) is 4.39 Å². The molecule has 0 saturated heterocycles. The highest BCUT2D eigenvalue weighted by Crippen LogP contribution is 2.19. The maximum Gasteiger partial charge on any atom is 0.254 e. The van der Waals surface area contributed by atoms with Crippen molar-refractivity contribution in [3.8, 4) is 6.07 Å². The summed E-state index contributed by atoms with van der Waals surface area (Å²) in [6.45, 7) is 4.29. The van der Waals surface area contributed by atoms with Gasteiger partial charge in [-0.05, 0) is 25.1 Å². The normalized spacial score (nSPS) is 13.5. The molecule has 0 radical (unpaired) electrons. The molecule has 136 valence electrons. The van der Waals surface area contributed by atoms with E-state index in [0.29, 0.717) is 0 Å². The largest absolute Gasteiger partial charge is 0.396 e. The Morgan fingerprint density at radius 2 is 2.04 bits per heavy atom. The number of aliphatic hydroxyl groups is 2. The Bertz CT molecular complexity index is 685. The molecule has 2 atom stereocenters. The summed E-state index contributed by atoms with van der Waals surface area (Å²) < 4.78 is 13.7. The molecule has 0 bridgehead atoms. The summed E-state index contributed by atoms with van der Waals surface area (Å²) in [6, 6.07) is 4.71. The van der Waals surface area contributed by atoms with Crippen molar-refractivity contribution < 1.29 is 24.2 Å². The van der Waals surface area contributed by atoms with Crippen molar-refractivity contribution in [2.45, 2.75) is 32.9 Å². The van der Waals surface area contributed by atoms with Crippen molar-refractivity contribution in [2.75, 3.05) is 13.2 Å². The zero-order chi connectivity index (χ0) is 19.2. The third kappa shape index (κ3) is 5.52. The van der Waals surface area contributed by atoms with Crippen LogP contribution in [0, 0.1) is 22.6 Å². The molecule has 4 N–H and O–H groups in total. The van der Waals surface area contributed by atoms with E-state index in [1.807, 2.05) is 6.07 Å². The summed E-state index contributed by atoms with van der Waals surface area (Å²) in [4.78, 5) is 23.9. The molecule has 0 fully saturated rings. The third-order valence-electron chi connectivity index (χ3n) is 3.70. The van der Waals surface area contributed by atoms with Crippen molar-refractivity contribution in [3.05, 3.63) is 35.1 Å². The molecule has 1 aromatic carbocycles. The van der Waals surface area contributed by atoms with Gasteiger partial charge in [0.2, 0.25) is 5.91 Å². The fourth-order valence-electron chi connectivity index (χ4n) is 1.91. The second-order valence-corrected chi connectivity index (χ2v) is 6.48. The van der Waals surface area contributed by atoms with Crippen LogP contribution in [0.2, 0.25) is 0 Å². The van der Waals surface area contributed by atoms with Crippen LogP contribution in [0.4, 0.5) is 4.39 Å². The van der Waals surface area contributed by atoms with Crippen LogP contribution in [0.25, 0.3) is 0 Å². The van der Waals surface area contributed by atoms with Gasteiger partial charge in [0.25, 0.3) is 5.91 Å². The molecule has 0 spiro atoms. The van der Waals surface area contributed by atoms with Gasteiger partial charge < -0.3 is 20.8 Å². The van der Waals surface area contributed by atoms with Gasteiger partial charge in [0, 0.05) is 18.0 Å². The molecule has 0 saturated carbocycles. The van der Waals surface area contributed by atoms with E-state index in [1.165, 1.54) is 19.9 Å². The van der Waals surface area contributed by atoms with Crippen molar-refractivity contribution in [1.82, 2.24) is 10.6 Å². The van der Waals surface area contributed by atoms with Crippen LogP contribution in [0.1, 0.15) is 36.7 Å². The SMILES string of the molecule is CC(CNC(=O)C(O)C(C)(C)CO)NC(=O)c1cc(C#N)ccc1F. The number of carbonyl (C=O) groups excluding carboxylic acids is 2. The zero-order valence-electron chi connectivity index (χ0n) is 14.3. The Labute approximate surface area is 145 Å². The number of carbonyl (C=O) groups is 2. The Kier molecular flexibility index (Phi) is 7.03. The second-order valence-electron chi connectivity index (χ2n) is 6.48. The number of amides is 2.